The van der Waals surface area contributed by atoms with Gasteiger partial charge >= 0.3 is 5.97 Å². The van der Waals surface area contributed by atoms with Crippen LogP contribution in [-0.4, -0.2) is 28.9 Å². The second-order valence-corrected chi connectivity index (χ2v) is 6.21. The first-order chi connectivity index (χ1) is 10.9. The Kier molecular flexibility index (Phi) is 5.36. The largest absolute Gasteiger partial charge is 0.480 e. The lowest BCUT2D eigenvalue weighted by Crippen LogP contribution is -2.44. The highest BCUT2D eigenvalue weighted by molar-refractivity contribution is 5.96. The van der Waals surface area contributed by atoms with E-state index >= 15 is 0 Å². The summed E-state index contributed by atoms with van der Waals surface area (Å²) in [5.41, 5.74) is 1.88. The quantitative estimate of drug-likeness (QED) is 0.745. The first kappa shape index (κ1) is 17.0. The standard InChI is InChI=1S/C17H22N2O4/c1-10(2)15(17(22)23)19-14(20)8-7-12-9-11-5-3-4-6-13(11)18-16(12)21/h3-6,10,12,15H,7-9H2,1-2H3,(H,18,21)(H,19,20)(H,22,23)/t12?,15-/m1/s1. The minimum atomic E-state index is -1.04. The van der Waals surface area contributed by atoms with Crippen molar-refractivity contribution in [2.75, 3.05) is 5.32 Å². The maximum Gasteiger partial charge on any atom is 0.326 e. The number of fused-ring (bicyclic) bond motifs is 1. The Bertz CT molecular complexity index is 612. The van der Waals surface area contributed by atoms with Crippen molar-refractivity contribution in [3.63, 3.8) is 0 Å². The van der Waals surface area contributed by atoms with Crippen molar-refractivity contribution in [2.24, 2.45) is 11.8 Å². The van der Waals surface area contributed by atoms with E-state index in [0.717, 1.165) is 11.3 Å². The molecule has 2 rings (SSSR count). The molecule has 1 aromatic carbocycles. The van der Waals surface area contributed by atoms with Gasteiger partial charge in [-0.05, 0) is 30.4 Å². The molecule has 1 heterocycles. The van der Waals surface area contributed by atoms with E-state index in [2.05, 4.69) is 10.6 Å². The summed E-state index contributed by atoms with van der Waals surface area (Å²) < 4.78 is 0. The SMILES string of the molecule is CC(C)[C@@H](NC(=O)CCC1Cc2ccccc2NC1=O)C(=O)O. The number of carbonyl (C=O) groups excluding carboxylic acids is 2. The number of nitrogens with one attached hydrogen (secondary N) is 2. The number of aliphatic carboxylic acids is 1. The predicted octanol–water partition coefficient (Wildman–Crippen LogP) is 1.80. The molecule has 124 valence electrons. The topological polar surface area (TPSA) is 95.5 Å². The van der Waals surface area contributed by atoms with Gasteiger partial charge in [-0.2, -0.15) is 0 Å². The Balaban J connectivity index is 1.90. The van der Waals surface area contributed by atoms with Crippen molar-refractivity contribution in [1.82, 2.24) is 5.32 Å². The third-order valence-electron chi connectivity index (χ3n) is 4.08. The van der Waals surface area contributed by atoms with Crippen LogP contribution in [0.3, 0.4) is 0 Å². The summed E-state index contributed by atoms with van der Waals surface area (Å²) in [7, 11) is 0. The van der Waals surface area contributed by atoms with E-state index in [1.54, 1.807) is 13.8 Å². The number of carboxylic acid groups (broad SMARTS) is 1. The van der Waals surface area contributed by atoms with Gasteiger partial charge in [0.1, 0.15) is 6.04 Å². The van der Waals surface area contributed by atoms with Gasteiger partial charge in [0.05, 0.1) is 0 Å². The maximum absolute atomic E-state index is 12.1. The first-order valence-electron chi connectivity index (χ1n) is 7.79. The average molecular weight is 318 g/mol. The molecule has 6 heteroatoms. The minimum Gasteiger partial charge on any atom is -0.480 e. The van der Waals surface area contributed by atoms with E-state index in [1.807, 2.05) is 24.3 Å². The zero-order valence-corrected chi connectivity index (χ0v) is 13.3. The van der Waals surface area contributed by atoms with Crippen LogP contribution in [0.25, 0.3) is 0 Å². The van der Waals surface area contributed by atoms with Gasteiger partial charge in [-0.1, -0.05) is 32.0 Å². The molecule has 1 aliphatic rings. The fourth-order valence-electron chi connectivity index (χ4n) is 2.71. The van der Waals surface area contributed by atoms with Crippen LogP contribution in [-0.2, 0) is 20.8 Å². The van der Waals surface area contributed by atoms with Crippen LogP contribution in [0.2, 0.25) is 0 Å². The van der Waals surface area contributed by atoms with Gasteiger partial charge in [0.15, 0.2) is 0 Å². The number of rotatable bonds is 6. The Hall–Kier alpha value is -2.37. The van der Waals surface area contributed by atoms with Crippen molar-refractivity contribution in [1.29, 1.82) is 0 Å². The lowest BCUT2D eigenvalue weighted by Gasteiger charge is -2.24. The average Bonchev–Trinajstić information content (AvgIpc) is 2.49. The summed E-state index contributed by atoms with van der Waals surface area (Å²) in [6, 6.07) is 6.70. The molecule has 3 N–H and O–H groups in total. The predicted molar refractivity (Wildman–Crippen MR) is 85.9 cm³/mol. The zero-order valence-electron chi connectivity index (χ0n) is 13.3. The molecule has 0 saturated carbocycles. The molecule has 1 aromatic rings. The number of benzene rings is 1. The van der Waals surface area contributed by atoms with Crippen LogP contribution in [0.1, 0.15) is 32.3 Å². The number of hydrogen-bond acceptors (Lipinski definition) is 3. The molecular formula is C17H22N2O4. The van der Waals surface area contributed by atoms with E-state index in [9.17, 15) is 14.4 Å². The molecule has 6 nitrogen and oxygen atoms in total. The molecule has 1 aliphatic heterocycles. The van der Waals surface area contributed by atoms with Gasteiger partial charge in [0.2, 0.25) is 11.8 Å². The van der Waals surface area contributed by atoms with Crippen LogP contribution in [0.15, 0.2) is 24.3 Å². The van der Waals surface area contributed by atoms with Gasteiger partial charge < -0.3 is 15.7 Å². The molecule has 1 unspecified atom stereocenters. The lowest BCUT2D eigenvalue weighted by molar-refractivity contribution is -0.143. The normalized spacial score (nSPS) is 18.0. The van der Waals surface area contributed by atoms with E-state index in [0.29, 0.717) is 12.8 Å². The third kappa shape index (κ3) is 4.31. The molecule has 0 spiro atoms. The number of carbonyl (C=O) groups is 3. The summed E-state index contributed by atoms with van der Waals surface area (Å²) in [5, 5.41) is 14.4. The van der Waals surface area contributed by atoms with Gasteiger partial charge in [0, 0.05) is 18.0 Å². The molecule has 0 aromatic heterocycles. The van der Waals surface area contributed by atoms with E-state index in [4.69, 9.17) is 5.11 Å². The molecule has 0 aliphatic carbocycles. The number of carboxylic acids is 1. The van der Waals surface area contributed by atoms with Crippen molar-refractivity contribution >= 4 is 23.5 Å². The van der Waals surface area contributed by atoms with E-state index in [1.165, 1.54) is 0 Å². The van der Waals surface area contributed by atoms with Gasteiger partial charge in [-0.3, -0.25) is 9.59 Å². The van der Waals surface area contributed by atoms with Crippen molar-refractivity contribution < 1.29 is 19.5 Å². The molecule has 0 saturated heterocycles. The fourth-order valence-corrected chi connectivity index (χ4v) is 2.71. The van der Waals surface area contributed by atoms with E-state index in [-0.39, 0.29) is 30.1 Å². The van der Waals surface area contributed by atoms with Gasteiger partial charge in [0.25, 0.3) is 0 Å². The highest BCUT2D eigenvalue weighted by atomic mass is 16.4. The Morgan fingerprint density at radius 2 is 2.04 bits per heavy atom. The Labute approximate surface area is 135 Å². The molecule has 2 amide bonds. The number of hydrogen-bond donors (Lipinski definition) is 3. The van der Waals surface area contributed by atoms with Crippen molar-refractivity contribution in [3.8, 4) is 0 Å². The smallest absolute Gasteiger partial charge is 0.326 e. The van der Waals surface area contributed by atoms with Crippen LogP contribution in [0.4, 0.5) is 5.69 Å². The lowest BCUT2D eigenvalue weighted by atomic mass is 9.89. The van der Waals surface area contributed by atoms with Gasteiger partial charge in [-0.15, -0.1) is 0 Å². The fraction of sp³-hybridized carbons (Fsp3) is 0.471. The summed E-state index contributed by atoms with van der Waals surface area (Å²) in [5.74, 6) is -1.93. The van der Waals surface area contributed by atoms with Crippen LogP contribution in [0.5, 0.6) is 0 Å². The second-order valence-electron chi connectivity index (χ2n) is 6.21. The molecule has 23 heavy (non-hydrogen) atoms. The van der Waals surface area contributed by atoms with Crippen molar-refractivity contribution in [2.45, 2.75) is 39.2 Å². The first-order valence-corrected chi connectivity index (χ1v) is 7.79. The molecular weight excluding hydrogens is 296 g/mol. The molecule has 0 radical (unpaired) electrons. The van der Waals surface area contributed by atoms with Crippen LogP contribution in [0, 0.1) is 11.8 Å². The number of amides is 2. The highest BCUT2D eigenvalue weighted by Gasteiger charge is 2.28. The van der Waals surface area contributed by atoms with Gasteiger partial charge in [-0.25, -0.2) is 4.79 Å². The molecule has 2 atom stereocenters. The summed E-state index contributed by atoms with van der Waals surface area (Å²) >= 11 is 0. The Morgan fingerprint density at radius 3 is 2.70 bits per heavy atom. The number of para-hydroxylation sites is 1. The zero-order chi connectivity index (χ0) is 17.0. The third-order valence-corrected chi connectivity index (χ3v) is 4.08. The summed E-state index contributed by atoms with van der Waals surface area (Å²) in [4.78, 5) is 35.1. The molecule has 0 fully saturated rings. The van der Waals surface area contributed by atoms with Crippen molar-refractivity contribution in [3.05, 3.63) is 29.8 Å². The second kappa shape index (κ2) is 7.26. The van der Waals surface area contributed by atoms with Crippen LogP contribution < -0.4 is 10.6 Å². The van der Waals surface area contributed by atoms with Crippen LogP contribution >= 0.6 is 0 Å². The summed E-state index contributed by atoms with van der Waals surface area (Å²) in [6.07, 6.45) is 1.13. The number of anilines is 1. The minimum absolute atomic E-state index is 0.0878. The molecule has 0 bridgehead atoms. The highest BCUT2D eigenvalue weighted by Crippen LogP contribution is 2.27. The van der Waals surface area contributed by atoms with E-state index < -0.39 is 12.0 Å². The maximum atomic E-state index is 12.1. The Morgan fingerprint density at radius 1 is 1.35 bits per heavy atom. The summed E-state index contributed by atoms with van der Waals surface area (Å²) in [6.45, 7) is 3.48. The monoisotopic (exact) mass is 318 g/mol.